The van der Waals surface area contributed by atoms with Crippen LogP contribution >= 0.6 is 0 Å². The summed E-state index contributed by atoms with van der Waals surface area (Å²) in [4.78, 5) is 14.2. The number of aromatic nitrogens is 1. The van der Waals surface area contributed by atoms with E-state index in [1.807, 2.05) is 30.3 Å². The lowest BCUT2D eigenvalue weighted by Gasteiger charge is -2.07. The van der Waals surface area contributed by atoms with Crippen LogP contribution in [0.1, 0.15) is 16.8 Å². The molecule has 4 heteroatoms. The van der Waals surface area contributed by atoms with Crippen LogP contribution in [0.3, 0.4) is 0 Å². The lowest BCUT2D eigenvalue weighted by atomic mass is 10.1. The van der Waals surface area contributed by atoms with Gasteiger partial charge < -0.3 is 9.72 Å². The van der Waals surface area contributed by atoms with Gasteiger partial charge in [-0.1, -0.05) is 18.2 Å². The fourth-order valence-electron chi connectivity index (χ4n) is 1.76. The van der Waals surface area contributed by atoms with Crippen LogP contribution in [0, 0.1) is 11.3 Å². The summed E-state index contributed by atoms with van der Waals surface area (Å²) in [7, 11) is 1.61. The first-order valence-electron chi connectivity index (χ1n) is 5.49. The van der Waals surface area contributed by atoms with Crippen molar-refractivity contribution in [3.8, 4) is 11.8 Å². The molecule has 1 heterocycles. The van der Waals surface area contributed by atoms with Gasteiger partial charge in [0.15, 0.2) is 0 Å². The first-order valence-corrected chi connectivity index (χ1v) is 5.49. The first kappa shape index (κ1) is 11.9. The molecule has 0 aliphatic carbocycles. The minimum Gasteiger partial charge on any atom is -0.496 e. The molecular formula is C14H12N2O2. The molecule has 0 saturated carbocycles. The molecule has 1 N–H and O–H groups in total. The molecule has 2 rings (SSSR count). The molecule has 0 aliphatic heterocycles. The van der Waals surface area contributed by atoms with Crippen molar-refractivity contribution in [1.29, 1.82) is 5.26 Å². The summed E-state index contributed by atoms with van der Waals surface area (Å²) in [5.41, 5.74) is 1.51. The Labute approximate surface area is 104 Å². The summed E-state index contributed by atoms with van der Waals surface area (Å²) in [5, 5.41) is 8.69. The molecule has 0 amide bonds. The number of para-hydroxylation sites is 1. The summed E-state index contributed by atoms with van der Waals surface area (Å²) >= 11 is 0. The predicted molar refractivity (Wildman–Crippen MR) is 67.6 cm³/mol. The molecule has 1 aromatic heterocycles. The van der Waals surface area contributed by atoms with Crippen molar-refractivity contribution in [2.45, 2.75) is 6.42 Å². The van der Waals surface area contributed by atoms with Crippen molar-refractivity contribution in [2.75, 3.05) is 7.11 Å². The Balaban J connectivity index is 2.32. The van der Waals surface area contributed by atoms with Crippen LogP contribution in [0.2, 0.25) is 0 Å². The number of benzene rings is 1. The van der Waals surface area contributed by atoms with E-state index >= 15 is 0 Å². The third-order valence-electron chi connectivity index (χ3n) is 2.66. The van der Waals surface area contributed by atoms with E-state index in [9.17, 15) is 4.79 Å². The van der Waals surface area contributed by atoms with Gasteiger partial charge in [-0.25, -0.2) is 0 Å². The van der Waals surface area contributed by atoms with Crippen LogP contribution in [0.25, 0.3) is 0 Å². The summed E-state index contributed by atoms with van der Waals surface area (Å²) in [6, 6.07) is 12.7. The van der Waals surface area contributed by atoms with Gasteiger partial charge in [0.1, 0.15) is 17.4 Å². The van der Waals surface area contributed by atoms with Crippen molar-refractivity contribution in [1.82, 2.24) is 4.98 Å². The van der Waals surface area contributed by atoms with E-state index in [1.165, 1.54) is 6.07 Å². The summed E-state index contributed by atoms with van der Waals surface area (Å²) in [6.07, 6.45) is 0.560. The standard InChI is InChI=1S/C14H12N2O2/c1-18-13-5-3-2-4-10(13)8-12-7-6-11(9-15)14(17)16-12/h2-7H,8H2,1H3,(H,16,17). The molecule has 0 atom stereocenters. The van der Waals surface area contributed by atoms with Crippen LogP contribution in [-0.2, 0) is 6.42 Å². The van der Waals surface area contributed by atoms with Gasteiger partial charge in [-0.3, -0.25) is 4.79 Å². The number of hydrogen-bond acceptors (Lipinski definition) is 3. The van der Waals surface area contributed by atoms with Gasteiger partial charge in [-0.15, -0.1) is 0 Å². The second-order valence-electron chi connectivity index (χ2n) is 3.83. The maximum Gasteiger partial charge on any atom is 0.266 e. The Hall–Kier alpha value is -2.54. The van der Waals surface area contributed by atoms with E-state index in [2.05, 4.69) is 4.98 Å². The van der Waals surface area contributed by atoms with Crippen molar-refractivity contribution in [2.24, 2.45) is 0 Å². The summed E-state index contributed by atoms with van der Waals surface area (Å²) < 4.78 is 5.25. The molecule has 0 bridgehead atoms. The molecule has 2 aromatic rings. The third-order valence-corrected chi connectivity index (χ3v) is 2.66. The summed E-state index contributed by atoms with van der Waals surface area (Å²) in [6.45, 7) is 0. The number of H-pyrrole nitrogens is 1. The molecule has 0 fully saturated rings. The average molecular weight is 240 g/mol. The molecule has 0 spiro atoms. The minimum absolute atomic E-state index is 0.124. The predicted octanol–water partition coefficient (Wildman–Crippen LogP) is 1.85. The SMILES string of the molecule is COc1ccccc1Cc1ccc(C#N)c(=O)[nH]1. The lowest BCUT2D eigenvalue weighted by Crippen LogP contribution is -2.12. The van der Waals surface area contributed by atoms with Gasteiger partial charge in [0.05, 0.1) is 7.11 Å². The number of nitrogens with one attached hydrogen (secondary N) is 1. The monoisotopic (exact) mass is 240 g/mol. The fourth-order valence-corrected chi connectivity index (χ4v) is 1.76. The average Bonchev–Trinajstić information content (AvgIpc) is 2.39. The highest BCUT2D eigenvalue weighted by atomic mass is 16.5. The number of pyridine rings is 1. The van der Waals surface area contributed by atoms with E-state index in [0.29, 0.717) is 6.42 Å². The van der Waals surface area contributed by atoms with Gasteiger partial charge in [0.2, 0.25) is 0 Å². The van der Waals surface area contributed by atoms with Gasteiger partial charge >= 0.3 is 0 Å². The molecule has 0 unspecified atom stereocenters. The maximum absolute atomic E-state index is 11.5. The Morgan fingerprint density at radius 3 is 2.72 bits per heavy atom. The second-order valence-corrected chi connectivity index (χ2v) is 3.83. The third kappa shape index (κ3) is 2.41. The first-order chi connectivity index (χ1) is 8.74. The molecule has 0 aliphatic rings. The Morgan fingerprint density at radius 1 is 1.28 bits per heavy atom. The van der Waals surface area contributed by atoms with Crippen LogP contribution in [0.15, 0.2) is 41.2 Å². The van der Waals surface area contributed by atoms with Crippen molar-refractivity contribution < 1.29 is 4.74 Å². The molecule has 90 valence electrons. The van der Waals surface area contributed by atoms with Crippen LogP contribution in [-0.4, -0.2) is 12.1 Å². The number of methoxy groups -OCH3 is 1. The van der Waals surface area contributed by atoms with Gasteiger partial charge in [0, 0.05) is 12.1 Å². The van der Waals surface area contributed by atoms with E-state index in [4.69, 9.17) is 10.00 Å². The zero-order valence-electron chi connectivity index (χ0n) is 9.93. The molecule has 0 saturated heterocycles. The molecular weight excluding hydrogens is 228 g/mol. The Kier molecular flexibility index (Phi) is 3.44. The van der Waals surface area contributed by atoms with Crippen molar-refractivity contribution in [3.05, 3.63) is 63.6 Å². The fraction of sp³-hybridized carbons (Fsp3) is 0.143. The van der Waals surface area contributed by atoms with Gasteiger partial charge in [0.25, 0.3) is 5.56 Å². The molecule has 4 nitrogen and oxygen atoms in total. The van der Waals surface area contributed by atoms with Crippen molar-refractivity contribution in [3.63, 3.8) is 0 Å². The number of rotatable bonds is 3. The zero-order valence-corrected chi connectivity index (χ0v) is 9.93. The van der Waals surface area contributed by atoms with E-state index in [0.717, 1.165) is 17.0 Å². The second kappa shape index (κ2) is 5.19. The highest BCUT2D eigenvalue weighted by Gasteiger charge is 2.05. The summed E-state index contributed by atoms with van der Waals surface area (Å²) in [5.74, 6) is 0.780. The zero-order chi connectivity index (χ0) is 13.0. The van der Waals surface area contributed by atoms with E-state index < -0.39 is 0 Å². The van der Waals surface area contributed by atoms with Crippen molar-refractivity contribution >= 4 is 0 Å². The number of ether oxygens (including phenoxy) is 1. The number of hydrogen-bond donors (Lipinski definition) is 1. The van der Waals surface area contributed by atoms with Crippen LogP contribution in [0.4, 0.5) is 0 Å². The lowest BCUT2D eigenvalue weighted by molar-refractivity contribution is 0.410. The van der Waals surface area contributed by atoms with Gasteiger partial charge in [-0.2, -0.15) is 5.26 Å². The topological polar surface area (TPSA) is 65.9 Å². The van der Waals surface area contributed by atoms with Gasteiger partial charge in [-0.05, 0) is 23.8 Å². The normalized spacial score (nSPS) is 9.78. The minimum atomic E-state index is -0.357. The van der Waals surface area contributed by atoms with Crippen LogP contribution < -0.4 is 10.3 Å². The van der Waals surface area contributed by atoms with Crippen LogP contribution in [0.5, 0.6) is 5.75 Å². The number of aromatic amines is 1. The molecule has 0 radical (unpaired) electrons. The largest absolute Gasteiger partial charge is 0.496 e. The number of nitrogens with zero attached hydrogens (tertiary/aromatic N) is 1. The maximum atomic E-state index is 11.5. The Bertz CT molecular complexity index is 653. The Morgan fingerprint density at radius 2 is 2.06 bits per heavy atom. The van der Waals surface area contributed by atoms with E-state index in [-0.39, 0.29) is 11.1 Å². The number of nitriles is 1. The quantitative estimate of drug-likeness (QED) is 0.890. The molecule has 18 heavy (non-hydrogen) atoms. The molecule has 1 aromatic carbocycles. The highest BCUT2D eigenvalue weighted by Crippen LogP contribution is 2.19. The van der Waals surface area contributed by atoms with E-state index in [1.54, 1.807) is 13.2 Å². The smallest absolute Gasteiger partial charge is 0.266 e. The highest BCUT2D eigenvalue weighted by molar-refractivity contribution is 5.37.